The number of benzene rings is 2. The number of halogens is 1. The second kappa shape index (κ2) is 8.21. The van der Waals surface area contributed by atoms with Crippen molar-refractivity contribution in [3.8, 4) is 5.75 Å². The normalized spacial score (nSPS) is 12.7. The maximum atomic E-state index is 12.2. The van der Waals surface area contributed by atoms with Crippen LogP contribution < -0.4 is 4.74 Å². The molecule has 0 aliphatic rings. The van der Waals surface area contributed by atoms with Crippen molar-refractivity contribution in [3.63, 3.8) is 0 Å². The molecule has 1 unspecified atom stereocenters. The number of carbonyl (C=O) groups excluding carboxylic acids is 1. The van der Waals surface area contributed by atoms with Gasteiger partial charge < -0.3 is 0 Å². The molecule has 1 atom stereocenters. The van der Waals surface area contributed by atoms with Crippen LogP contribution in [0.15, 0.2) is 54.6 Å². The van der Waals surface area contributed by atoms with Gasteiger partial charge in [0, 0.05) is 0 Å². The number of para-hydroxylation sites is 1. The predicted octanol–water partition coefficient (Wildman–Crippen LogP) is 3.65. The zero-order valence-corrected chi connectivity index (χ0v) is 14.1. The van der Waals surface area contributed by atoms with E-state index in [0.717, 1.165) is 11.1 Å². The minimum absolute atomic E-state index is 0.0646. The van der Waals surface area contributed by atoms with E-state index in [1.54, 1.807) is 6.92 Å². The minimum atomic E-state index is -0.481. The van der Waals surface area contributed by atoms with E-state index in [1.807, 2.05) is 59.2 Å². The topological polar surface area (TPSA) is 26.3 Å². The van der Waals surface area contributed by atoms with Crippen LogP contribution in [0.3, 0.4) is 0 Å². The molecular weight excluding hydrogens is 373 g/mol. The molecule has 111 valence electrons. The average Bonchev–Trinajstić information content (AvgIpc) is 2.50. The second-order valence-corrected chi connectivity index (χ2v) is 6.40. The monoisotopic (exact) mass is 389 g/mol. The van der Waals surface area contributed by atoms with E-state index in [-0.39, 0.29) is 21.5 Å². The van der Waals surface area contributed by atoms with Gasteiger partial charge in [-0.1, -0.05) is 0 Å². The molecule has 0 spiro atoms. The van der Waals surface area contributed by atoms with Crippen LogP contribution in [0, 0.1) is 0 Å². The molecule has 0 amide bonds. The summed E-state index contributed by atoms with van der Waals surface area (Å²) in [5, 5.41) is 0. The summed E-state index contributed by atoms with van der Waals surface area (Å²) in [6.45, 7) is 1.79. The van der Waals surface area contributed by atoms with E-state index in [1.165, 1.54) is 0 Å². The van der Waals surface area contributed by atoms with Crippen LogP contribution in [0.25, 0.3) is 0 Å². The Morgan fingerprint density at radius 1 is 1.19 bits per heavy atom. The fraction of sp³-hybridized carbons (Fsp3) is 0.176. The van der Waals surface area contributed by atoms with Crippen LogP contribution in [-0.4, -0.2) is 16.5 Å². The molecule has 0 heterocycles. The number of carbonyl (C=O) groups is 1. The third-order valence-corrected chi connectivity index (χ3v) is 4.23. The van der Waals surface area contributed by atoms with E-state index >= 15 is 0 Å². The molecule has 0 aliphatic heterocycles. The average molecular weight is 389 g/mol. The summed E-state index contributed by atoms with van der Waals surface area (Å²) in [5.41, 5.74) is 1.95. The summed E-state index contributed by atoms with van der Waals surface area (Å²) in [4.78, 5) is 12.2. The van der Waals surface area contributed by atoms with Crippen molar-refractivity contribution in [2.75, 3.05) is 0 Å². The number of ketones is 1. The number of hydrogen-bond donors (Lipinski definition) is 0. The summed E-state index contributed by atoms with van der Waals surface area (Å²) < 4.78 is 7.76. The van der Waals surface area contributed by atoms with Crippen molar-refractivity contribution in [2.45, 2.75) is 19.4 Å². The fourth-order valence-corrected chi connectivity index (χ4v) is 3.02. The molecule has 0 fully saturated rings. The third-order valence-electron chi connectivity index (χ3n) is 3.05. The van der Waals surface area contributed by atoms with Crippen molar-refractivity contribution >= 4 is 20.1 Å². The van der Waals surface area contributed by atoms with Crippen molar-refractivity contribution in [3.05, 3.63) is 65.7 Å². The van der Waals surface area contributed by atoms with Crippen molar-refractivity contribution < 1.29 is 25.2 Å². The van der Waals surface area contributed by atoms with Crippen molar-refractivity contribution in [1.82, 2.24) is 0 Å². The van der Waals surface area contributed by atoms with Crippen LogP contribution >= 0.6 is 9.69 Å². The van der Waals surface area contributed by atoms with Gasteiger partial charge in [0.25, 0.3) is 0 Å². The Morgan fingerprint density at radius 3 is 2.57 bits per heavy atom. The predicted molar refractivity (Wildman–Crippen MR) is 82.7 cm³/mol. The molecule has 2 aromatic rings. The van der Waals surface area contributed by atoms with Gasteiger partial charge in [0.2, 0.25) is 0 Å². The van der Waals surface area contributed by atoms with E-state index in [9.17, 15) is 4.79 Å². The zero-order chi connectivity index (χ0) is 15.1. The van der Waals surface area contributed by atoms with Gasteiger partial charge in [0.05, 0.1) is 0 Å². The molecule has 21 heavy (non-hydrogen) atoms. The van der Waals surface area contributed by atoms with Crippen LogP contribution in [0.4, 0.5) is 0 Å². The molecule has 0 N–H and O–H groups in total. The van der Waals surface area contributed by atoms with E-state index < -0.39 is 6.10 Å². The zero-order valence-electron chi connectivity index (χ0n) is 11.6. The standard InChI is InChI=1S/C17H16O2.ClH.Ru/c1-13-8-6-7-11-17(13)19-14(2)16(18)12-15-9-4-3-5-10-15;;/h1,3-11,14H,12H2,2H3;1H;/q;;+1/p-1. The van der Waals surface area contributed by atoms with Gasteiger partial charge in [-0.3, -0.25) is 0 Å². The third kappa shape index (κ3) is 4.87. The van der Waals surface area contributed by atoms with Gasteiger partial charge >= 0.3 is 136 Å². The molecule has 4 heteroatoms. The molecule has 0 aliphatic carbocycles. The number of ether oxygens (including phenoxy) is 1. The summed E-state index contributed by atoms with van der Waals surface area (Å²) in [7, 11) is 5.83. The molecular formula is C17H16ClO2Ru. The van der Waals surface area contributed by atoms with Crippen LogP contribution in [0.5, 0.6) is 5.75 Å². The number of Topliss-reactive ketones (excluding diaryl/α,β-unsaturated/α-hetero) is 1. The summed E-state index contributed by atoms with van der Waals surface area (Å²) in [5.74, 6) is 0.774. The summed E-state index contributed by atoms with van der Waals surface area (Å²) in [6, 6.07) is 17.3. The van der Waals surface area contributed by atoms with Gasteiger partial charge in [-0.2, -0.15) is 0 Å². The number of hydrogen-bond acceptors (Lipinski definition) is 2. The Kier molecular flexibility index (Phi) is 6.29. The first-order valence-corrected chi connectivity index (χ1v) is 9.82. The molecule has 2 nitrogen and oxygen atoms in total. The number of rotatable bonds is 6. The summed E-state index contributed by atoms with van der Waals surface area (Å²) in [6.07, 6.45) is -0.0967. The van der Waals surface area contributed by atoms with Gasteiger partial charge in [-0.15, -0.1) is 0 Å². The first kappa shape index (κ1) is 16.1. The van der Waals surface area contributed by atoms with Gasteiger partial charge in [0.15, 0.2) is 0 Å². The van der Waals surface area contributed by atoms with Crippen molar-refractivity contribution in [1.29, 1.82) is 0 Å². The molecule has 0 saturated carbocycles. The Morgan fingerprint density at radius 2 is 1.86 bits per heavy atom. The molecule has 2 aromatic carbocycles. The molecule has 0 radical (unpaired) electrons. The molecule has 2 rings (SSSR count). The Balaban J connectivity index is 2.04. The van der Waals surface area contributed by atoms with Crippen LogP contribution in [-0.2, 0) is 26.9 Å². The van der Waals surface area contributed by atoms with E-state index in [2.05, 4.69) is 0 Å². The molecule has 0 aromatic heterocycles. The Hall–Kier alpha value is -1.31. The second-order valence-electron chi connectivity index (χ2n) is 4.61. The first-order chi connectivity index (χ1) is 10.2. The van der Waals surface area contributed by atoms with E-state index in [4.69, 9.17) is 14.4 Å². The summed E-state index contributed by atoms with van der Waals surface area (Å²) >= 11 is -0.325. The fourth-order valence-electron chi connectivity index (χ4n) is 1.91. The Bertz CT molecular complexity index is 626. The molecule has 0 bridgehead atoms. The molecule has 0 saturated heterocycles. The Labute approximate surface area is 136 Å². The SMILES string of the molecule is CC(Oc1ccccc1[CH]=[Ru][Cl])C(=O)Cc1ccccc1. The van der Waals surface area contributed by atoms with Crippen molar-refractivity contribution in [2.24, 2.45) is 0 Å². The first-order valence-electron chi connectivity index (χ1n) is 6.58. The quantitative estimate of drug-likeness (QED) is 0.706. The van der Waals surface area contributed by atoms with Crippen LogP contribution in [0.1, 0.15) is 18.1 Å². The van der Waals surface area contributed by atoms with Gasteiger partial charge in [-0.05, 0) is 0 Å². The van der Waals surface area contributed by atoms with Gasteiger partial charge in [-0.25, -0.2) is 0 Å². The van der Waals surface area contributed by atoms with Crippen LogP contribution in [0.2, 0.25) is 0 Å². The van der Waals surface area contributed by atoms with E-state index in [0.29, 0.717) is 12.2 Å². The maximum absolute atomic E-state index is 12.2. The van der Waals surface area contributed by atoms with Gasteiger partial charge in [0.1, 0.15) is 0 Å².